The summed E-state index contributed by atoms with van der Waals surface area (Å²) in [4.78, 5) is 66.6. The molecular formula is C40H52N4O9. The summed E-state index contributed by atoms with van der Waals surface area (Å²) in [5.41, 5.74) is 1.56. The molecule has 0 heterocycles. The number of alkyl carbamates (subject to hydrolysis) is 1. The maximum atomic E-state index is 14.1. The van der Waals surface area contributed by atoms with Crippen molar-refractivity contribution in [2.24, 2.45) is 5.92 Å². The molecule has 5 N–H and O–H groups in total. The van der Waals surface area contributed by atoms with Crippen LogP contribution in [0.4, 0.5) is 4.79 Å². The van der Waals surface area contributed by atoms with E-state index in [1.54, 1.807) is 83.1 Å². The van der Waals surface area contributed by atoms with Gasteiger partial charge in [0.05, 0.1) is 13.2 Å². The molecule has 3 aromatic rings. The van der Waals surface area contributed by atoms with E-state index in [0.29, 0.717) is 17.9 Å². The average Bonchev–Trinajstić information content (AvgIpc) is 3.11. The third-order valence-corrected chi connectivity index (χ3v) is 8.02. The van der Waals surface area contributed by atoms with Gasteiger partial charge in [-0.05, 0) is 62.4 Å². The standard InChI is InChI=1S/C40H52N4O9/c1-25(2)33(44-39(50)53-40(4,5)6)37(48)42-31(22-27-14-10-8-11-15-27)35(46)41-32(36(47)43-34(26(3)45)38(49)51-7)23-28-18-20-30(21-19-28)52-24-29-16-12-9-13-17-29/h8-21,25-26,31-34,45H,22-24H2,1-7H3,(H,41,46)(H,42,48)(H,43,47)(H,44,50)/t26-,31-,32-,33-,34+/m0/s1. The molecule has 0 saturated carbocycles. The Morgan fingerprint density at radius 1 is 0.642 bits per heavy atom. The van der Waals surface area contributed by atoms with Crippen LogP contribution in [-0.4, -0.2) is 77.9 Å². The lowest BCUT2D eigenvalue weighted by atomic mass is 10.00. The van der Waals surface area contributed by atoms with Crippen LogP contribution in [0.2, 0.25) is 0 Å². The number of rotatable bonds is 17. The van der Waals surface area contributed by atoms with Crippen LogP contribution in [0.25, 0.3) is 0 Å². The highest BCUT2D eigenvalue weighted by molar-refractivity contribution is 5.95. The van der Waals surface area contributed by atoms with Crippen LogP contribution in [0.3, 0.4) is 0 Å². The molecule has 3 rings (SSSR count). The van der Waals surface area contributed by atoms with Crippen molar-refractivity contribution in [3.63, 3.8) is 0 Å². The Morgan fingerprint density at radius 2 is 1.13 bits per heavy atom. The maximum Gasteiger partial charge on any atom is 0.408 e. The van der Waals surface area contributed by atoms with Gasteiger partial charge in [-0.15, -0.1) is 0 Å². The molecule has 53 heavy (non-hydrogen) atoms. The van der Waals surface area contributed by atoms with Crippen LogP contribution in [0.15, 0.2) is 84.9 Å². The fraction of sp³-hybridized carbons (Fsp3) is 0.425. The zero-order valence-corrected chi connectivity index (χ0v) is 31.4. The van der Waals surface area contributed by atoms with Crippen LogP contribution in [0.1, 0.15) is 58.2 Å². The first-order chi connectivity index (χ1) is 25.1. The zero-order chi connectivity index (χ0) is 39.1. The van der Waals surface area contributed by atoms with E-state index in [9.17, 15) is 29.1 Å². The number of hydrogen-bond acceptors (Lipinski definition) is 9. The quantitative estimate of drug-likeness (QED) is 0.130. The van der Waals surface area contributed by atoms with Gasteiger partial charge in [-0.2, -0.15) is 0 Å². The SMILES string of the molecule is COC(=O)[C@H](NC(=O)[C@H](Cc1ccc(OCc2ccccc2)cc1)NC(=O)[C@H](Cc1ccccc1)NC(=O)[C@@H](NC(=O)OC(C)(C)C)C(C)C)[C@H](C)O. The summed E-state index contributed by atoms with van der Waals surface area (Å²) in [5.74, 6) is -2.75. The Hall–Kier alpha value is -5.43. The van der Waals surface area contributed by atoms with Crippen molar-refractivity contribution in [3.05, 3.63) is 102 Å². The predicted molar refractivity (Wildman–Crippen MR) is 199 cm³/mol. The van der Waals surface area contributed by atoms with Crippen molar-refractivity contribution >= 4 is 29.8 Å². The molecule has 0 unspecified atom stereocenters. The molecule has 0 fully saturated rings. The fourth-order valence-corrected chi connectivity index (χ4v) is 5.23. The number of benzene rings is 3. The number of amides is 4. The Labute approximate surface area is 311 Å². The highest BCUT2D eigenvalue weighted by Gasteiger charge is 2.34. The predicted octanol–water partition coefficient (Wildman–Crippen LogP) is 3.61. The molecular weight excluding hydrogens is 680 g/mol. The Bertz CT molecular complexity index is 1640. The molecule has 0 spiro atoms. The first-order valence-electron chi connectivity index (χ1n) is 17.5. The minimum atomic E-state index is -1.41. The van der Waals surface area contributed by atoms with Gasteiger partial charge in [-0.25, -0.2) is 9.59 Å². The summed E-state index contributed by atoms with van der Waals surface area (Å²) in [6.07, 6.45) is -2.07. The maximum absolute atomic E-state index is 14.1. The topological polar surface area (TPSA) is 181 Å². The molecule has 13 nitrogen and oxygen atoms in total. The van der Waals surface area contributed by atoms with E-state index >= 15 is 0 Å². The van der Waals surface area contributed by atoms with Crippen molar-refractivity contribution in [2.45, 2.75) is 96.9 Å². The molecule has 0 aliphatic heterocycles. The molecule has 286 valence electrons. The van der Waals surface area contributed by atoms with Gasteiger partial charge < -0.3 is 40.6 Å². The van der Waals surface area contributed by atoms with Gasteiger partial charge in [0.15, 0.2) is 6.04 Å². The molecule has 0 aliphatic carbocycles. The van der Waals surface area contributed by atoms with E-state index in [1.165, 1.54) is 6.92 Å². The van der Waals surface area contributed by atoms with Crippen LogP contribution in [-0.2, 0) is 48.1 Å². The average molecular weight is 733 g/mol. The summed E-state index contributed by atoms with van der Waals surface area (Å²) < 4.78 is 16.0. The molecule has 4 amide bonds. The third-order valence-electron chi connectivity index (χ3n) is 8.02. The van der Waals surface area contributed by atoms with Gasteiger partial charge in [0.1, 0.15) is 36.1 Å². The first-order valence-corrected chi connectivity index (χ1v) is 17.5. The second-order valence-corrected chi connectivity index (χ2v) is 14.1. The first kappa shape index (κ1) is 42.0. The highest BCUT2D eigenvalue weighted by Crippen LogP contribution is 2.17. The summed E-state index contributed by atoms with van der Waals surface area (Å²) in [6, 6.07) is 20.7. The number of carbonyl (C=O) groups is 5. The number of methoxy groups -OCH3 is 1. The van der Waals surface area contributed by atoms with Crippen molar-refractivity contribution in [3.8, 4) is 5.75 Å². The van der Waals surface area contributed by atoms with E-state index < -0.39 is 65.7 Å². The molecule has 0 aromatic heterocycles. The lowest BCUT2D eigenvalue weighted by Gasteiger charge is -2.28. The van der Waals surface area contributed by atoms with Crippen molar-refractivity contribution in [1.82, 2.24) is 21.3 Å². The number of carbonyl (C=O) groups excluding carboxylic acids is 5. The number of hydrogen-bond donors (Lipinski definition) is 5. The lowest BCUT2D eigenvalue weighted by molar-refractivity contribution is -0.148. The minimum Gasteiger partial charge on any atom is -0.489 e. The Morgan fingerprint density at radius 3 is 1.62 bits per heavy atom. The van der Waals surface area contributed by atoms with Crippen molar-refractivity contribution in [1.29, 1.82) is 0 Å². The summed E-state index contributed by atoms with van der Waals surface area (Å²) in [6.45, 7) is 10.3. The fourth-order valence-electron chi connectivity index (χ4n) is 5.23. The van der Waals surface area contributed by atoms with Gasteiger partial charge >= 0.3 is 12.1 Å². The molecule has 5 atom stereocenters. The Kier molecular flexibility index (Phi) is 15.8. The number of nitrogens with one attached hydrogen (secondary N) is 4. The van der Waals surface area contributed by atoms with Crippen molar-refractivity contribution in [2.75, 3.05) is 7.11 Å². The molecule has 0 aliphatic rings. The smallest absolute Gasteiger partial charge is 0.408 e. The second-order valence-electron chi connectivity index (χ2n) is 14.1. The molecule has 0 radical (unpaired) electrons. The van der Waals surface area contributed by atoms with Crippen molar-refractivity contribution < 1.29 is 43.3 Å². The molecule has 0 bridgehead atoms. The van der Waals surface area contributed by atoms with Gasteiger partial charge in [-0.1, -0.05) is 86.6 Å². The zero-order valence-electron chi connectivity index (χ0n) is 31.4. The van der Waals surface area contributed by atoms with E-state index in [-0.39, 0.29) is 18.8 Å². The second kappa shape index (κ2) is 20.0. The number of ether oxygens (including phenoxy) is 3. The molecule has 13 heteroatoms. The van der Waals surface area contributed by atoms with E-state index in [0.717, 1.165) is 18.2 Å². The van der Waals surface area contributed by atoms with Gasteiger partial charge in [0.2, 0.25) is 17.7 Å². The summed E-state index contributed by atoms with van der Waals surface area (Å²) in [5, 5.41) is 20.9. The number of esters is 1. The normalized spacial score (nSPS) is 14.1. The summed E-state index contributed by atoms with van der Waals surface area (Å²) >= 11 is 0. The van der Waals surface area contributed by atoms with Gasteiger partial charge in [0, 0.05) is 12.8 Å². The number of aliphatic hydroxyl groups is 1. The largest absolute Gasteiger partial charge is 0.489 e. The van der Waals surface area contributed by atoms with Gasteiger partial charge in [0.25, 0.3) is 0 Å². The minimum absolute atomic E-state index is 0.0228. The third kappa shape index (κ3) is 14.3. The van der Waals surface area contributed by atoms with E-state index in [2.05, 4.69) is 21.3 Å². The highest BCUT2D eigenvalue weighted by atomic mass is 16.6. The molecule has 3 aromatic carbocycles. The van der Waals surface area contributed by atoms with Gasteiger partial charge in [-0.3, -0.25) is 14.4 Å². The van der Waals surface area contributed by atoms with E-state index in [4.69, 9.17) is 14.2 Å². The Balaban J connectivity index is 1.88. The van der Waals surface area contributed by atoms with Crippen LogP contribution >= 0.6 is 0 Å². The monoisotopic (exact) mass is 732 g/mol. The van der Waals surface area contributed by atoms with E-state index in [1.807, 2.05) is 36.4 Å². The van der Waals surface area contributed by atoms with Crippen LogP contribution < -0.4 is 26.0 Å². The van der Waals surface area contributed by atoms with Crippen LogP contribution in [0, 0.1) is 5.92 Å². The summed E-state index contributed by atoms with van der Waals surface area (Å²) in [7, 11) is 1.13. The van der Waals surface area contributed by atoms with Crippen LogP contribution in [0.5, 0.6) is 5.75 Å². The molecule has 0 saturated heterocycles. The lowest BCUT2D eigenvalue weighted by Crippen LogP contribution is -2.60. The number of aliphatic hydroxyl groups excluding tert-OH is 1.